The number of sulfone groups is 1. The average molecular weight is 292 g/mol. The molecule has 0 fully saturated rings. The maximum Gasteiger partial charge on any atom is 0.418 e. The molecule has 0 aliphatic heterocycles. The first kappa shape index (κ1) is 13.9. The van der Waals surface area contributed by atoms with Crippen molar-refractivity contribution in [3.8, 4) is 0 Å². The van der Waals surface area contributed by atoms with Gasteiger partial charge in [-0.25, -0.2) is 13.4 Å². The summed E-state index contributed by atoms with van der Waals surface area (Å²) in [6, 6.07) is 2.50. The molecule has 1 aromatic heterocycles. The molecule has 0 aliphatic rings. The Labute approximate surface area is 107 Å². The summed E-state index contributed by atoms with van der Waals surface area (Å²) in [4.78, 5) is 6.37. The molecule has 1 heterocycles. The summed E-state index contributed by atoms with van der Waals surface area (Å²) < 4.78 is 60.9. The molecule has 19 heavy (non-hydrogen) atoms. The van der Waals surface area contributed by atoms with Crippen LogP contribution in [0, 0.1) is 6.92 Å². The van der Waals surface area contributed by atoms with Crippen molar-refractivity contribution < 1.29 is 21.6 Å². The standard InChI is InChI=1S/C11H11F3N2O2S/c1-6-3-7(11(12,13)14)10-8(4-6)15-9(16-10)5-19(2,17)18/h3-4H,5H2,1-2H3,(H,15,16). The molecule has 104 valence electrons. The molecule has 0 spiro atoms. The Hall–Kier alpha value is -1.57. The molecule has 4 nitrogen and oxygen atoms in total. The first-order valence-corrected chi connectivity index (χ1v) is 7.36. The number of hydrogen-bond acceptors (Lipinski definition) is 3. The van der Waals surface area contributed by atoms with Gasteiger partial charge in [0.2, 0.25) is 0 Å². The van der Waals surface area contributed by atoms with Gasteiger partial charge in [0.1, 0.15) is 17.1 Å². The molecule has 0 amide bonds. The van der Waals surface area contributed by atoms with Crippen LogP contribution >= 0.6 is 0 Å². The van der Waals surface area contributed by atoms with Crippen molar-refractivity contribution in [2.24, 2.45) is 0 Å². The Morgan fingerprint density at radius 2 is 1.95 bits per heavy atom. The molecule has 2 rings (SSSR count). The van der Waals surface area contributed by atoms with Crippen LogP contribution in [0.25, 0.3) is 11.0 Å². The predicted octanol–water partition coefficient (Wildman–Crippen LogP) is 2.43. The number of nitrogens with zero attached hydrogens (tertiary/aromatic N) is 1. The monoisotopic (exact) mass is 292 g/mol. The van der Waals surface area contributed by atoms with E-state index >= 15 is 0 Å². The van der Waals surface area contributed by atoms with Gasteiger partial charge in [-0.05, 0) is 24.6 Å². The molecule has 0 bridgehead atoms. The van der Waals surface area contributed by atoms with Gasteiger partial charge in [-0.15, -0.1) is 0 Å². The first-order chi connectivity index (χ1) is 8.56. The number of fused-ring (bicyclic) bond motifs is 1. The van der Waals surface area contributed by atoms with E-state index in [0.717, 1.165) is 12.3 Å². The summed E-state index contributed by atoms with van der Waals surface area (Å²) in [5, 5.41) is 0. The van der Waals surface area contributed by atoms with Crippen molar-refractivity contribution in [1.29, 1.82) is 0 Å². The molecule has 1 aromatic carbocycles. The van der Waals surface area contributed by atoms with Gasteiger partial charge in [0, 0.05) is 6.26 Å². The Balaban J connectivity index is 2.65. The van der Waals surface area contributed by atoms with E-state index in [1.807, 2.05) is 0 Å². The van der Waals surface area contributed by atoms with Crippen molar-refractivity contribution in [2.45, 2.75) is 18.9 Å². The normalized spacial score (nSPS) is 13.1. The first-order valence-electron chi connectivity index (χ1n) is 5.30. The molecule has 0 atom stereocenters. The van der Waals surface area contributed by atoms with E-state index in [1.165, 1.54) is 13.0 Å². The van der Waals surface area contributed by atoms with E-state index in [4.69, 9.17) is 0 Å². The van der Waals surface area contributed by atoms with Gasteiger partial charge in [0.05, 0.1) is 11.1 Å². The Morgan fingerprint density at radius 3 is 2.47 bits per heavy atom. The summed E-state index contributed by atoms with van der Waals surface area (Å²) in [7, 11) is -3.36. The number of benzene rings is 1. The van der Waals surface area contributed by atoms with E-state index in [2.05, 4.69) is 9.97 Å². The zero-order valence-corrected chi connectivity index (χ0v) is 11.0. The maximum absolute atomic E-state index is 12.9. The fourth-order valence-electron chi connectivity index (χ4n) is 1.85. The average Bonchev–Trinajstić information content (AvgIpc) is 2.53. The molecule has 0 saturated carbocycles. The van der Waals surface area contributed by atoms with E-state index in [1.54, 1.807) is 0 Å². The molecule has 0 radical (unpaired) electrons. The van der Waals surface area contributed by atoms with Crippen molar-refractivity contribution in [3.63, 3.8) is 0 Å². The second-order valence-corrected chi connectivity index (χ2v) is 6.60. The third-order valence-corrected chi connectivity index (χ3v) is 3.28. The van der Waals surface area contributed by atoms with E-state index in [0.29, 0.717) is 5.56 Å². The quantitative estimate of drug-likeness (QED) is 0.924. The minimum atomic E-state index is -4.53. The number of H-pyrrole nitrogens is 1. The highest BCUT2D eigenvalue weighted by Crippen LogP contribution is 2.34. The summed E-state index contributed by atoms with van der Waals surface area (Å²) in [5.74, 6) is -0.411. The van der Waals surface area contributed by atoms with Crippen molar-refractivity contribution >= 4 is 20.9 Å². The number of nitrogens with one attached hydrogen (secondary N) is 1. The zero-order valence-electron chi connectivity index (χ0n) is 10.2. The van der Waals surface area contributed by atoms with Crippen molar-refractivity contribution in [2.75, 3.05) is 6.26 Å². The van der Waals surface area contributed by atoms with Crippen LogP contribution < -0.4 is 0 Å². The predicted molar refractivity (Wildman–Crippen MR) is 64.4 cm³/mol. The Kier molecular flexibility index (Phi) is 3.08. The second-order valence-electron chi connectivity index (χ2n) is 4.46. The van der Waals surface area contributed by atoms with Crippen LogP contribution in [0.3, 0.4) is 0 Å². The lowest BCUT2D eigenvalue weighted by atomic mass is 10.1. The van der Waals surface area contributed by atoms with Gasteiger partial charge in [-0.2, -0.15) is 13.2 Å². The lowest BCUT2D eigenvalue weighted by Crippen LogP contribution is -2.06. The topological polar surface area (TPSA) is 62.8 Å². The van der Waals surface area contributed by atoms with Gasteiger partial charge in [0.15, 0.2) is 9.84 Å². The van der Waals surface area contributed by atoms with Crippen LogP contribution in [-0.4, -0.2) is 24.6 Å². The van der Waals surface area contributed by atoms with E-state index < -0.39 is 27.3 Å². The van der Waals surface area contributed by atoms with E-state index in [9.17, 15) is 21.6 Å². The third-order valence-electron chi connectivity index (χ3n) is 2.48. The number of rotatable bonds is 2. The van der Waals surface area contributed by atoms with Crippen LogP contribution in [0.5, 0.6) is 0 Å². The van der Waals surface area contributed by atoms with Gasteiger partial charge < -0.3 is 4.98 Å². The smallest absolute Gasteiger partial charge is 0.341 e. The lowest BCUT2D eigenvalue weighted by Gasteiger charge is -2.07. The number of aromatic amines is 1. The zero-order chi connectivity index (χ0) is 14.4. The van der Waals surface area contributed by atoms with Crippen LogP contribution in [0.15, 0.2) is 12.1 Å². The number of hydrogen-bond donors (Lipinski definition) is 1. The minimum absolute atomic E-state index is 0.00796. The Morgan fingerprint density at radius 1 is 1.32 bits per heavy atom. The summed E-state index contributed by atoms with van der Waals surface area (Å²) in [5.41, 5.74) is -0.504. The van der Waals surface area contributed by atoms with Crippen LogP contribution in [0.1, 0.15) is 17.0 Å². The van der Waals surface area contributed by atoms with Gasteiger partial charge in [-0.3, -0.25) is 0 Å². The second kappa shape index (κ2) is 4.22. The largest absolute Gasteiger partial charge is 0.418 e. The molecule has 1 N–H and O–H groups in total. The number of aryl methyl sites for hydroxylation is 1. The van der Waals surface area contributed by atoms with Gasteiger partial charge in [0.25, 0.3) is 0 Å². The molecule has 0 saturated heterocycles. The van der Waals surface area contributed by atoms with Crippen LogP contribution in [0.4, 0.5) is 13.2 Å². The van der Waals surface area contributed by atoms with Crippen molar-refractivity contribution in [3.05, 3.63) is 29.1 Å². The van der Waals surface area contributed by atoms with Gasteiger partial charge in [-0.1, -0.05) is 0 Å². The molecular weight excluding hydrogens is 281 g/mol. The fraction of sp³-hybridized carbons (Fsp3) is 0.364. The number of imidazole rings is 1. The van der Waals surface area contributed by atoms with Crippen LogP contribution in [-0.2, 0) is 21.8 Å². The molecule has 8 heteroatoms. The number of halogens is 3. The highest BCUT2D eigenvalue weighted by Gasteiger charge is 2.34. The summed E-state index contributed by atoms with van der Waals surface area (Å²) in [6.45, 7) is 1.53. The number of aromatic nitrogens is 2. The van der Waals surface area contributed by atoms with Gasteiger partial charge >= 0.3 is 6.18 Å². The lowest BCUT2D eigenvalue weighted by molar-refractivity contribution is -0.136. The molecule has 0 unspecified atom stereocenters. The highest BCUT2D eigenvalue weighted by molar-refractivity contribution is 7.89. The Bertz CT molecular complexity index is 732. The molecule has 0 aliphatic carbocycles. The minimum Gasteiger partial charge on any atom is -0.341 e. The van der Waals surface area contributed by atoms with E-state index in [-0.39, 0.29) is 16.9 Å². The number of alkyl halides is 3. The summed E-state index contributed by atoms with van der Waals surface area (Å²) >= 11 is 0. The highest BCUT2D eigenvalue weighted by atomic mass is 32.2. The van der Waals surface area contributed by atoms with Crippen LogP contribution in [0.2, 0.25) is 0 Å². The third kappa shape index (κ3) is 3.06. The maximum atomic E-state index is 12.9. The summed E-state index contributed by atoms with van der Waals surface area (Å²) in [6.07, 6.45) is -3.53. The molecule has 2 aromatic rings. The fourth-order valence-corrected chi connectivity index (χ4v) is 2.48. The SMILES string of the molecule is Cc1cc(C(F)(F)F)c2nc(CS(C)(=O)=O)[nH]c2c1. The van der Waals surface area contributed by atoms with Crippen molar-refractivity contribution in [1.82, 2.24) is 9.97 Å². The molecular formula is C11H11F3N2O2S.